The maximum Gasteiger partial charge on any atom is 0.186 e. The van der Waals surface area contributed by atoms with E-state index in [1.165, 1.54) is 109 Å². The summed E-state index contributed by atoms with van der Waals surface area (Å²) in [5.74, 6) is 5.71. The van der Waals surface area contributed by atoms with Gasteiger partial charge >= 0.3 is 0 Å². The molecule has 4 aliphatic carbocycles. The number of allylic oxidation sites excluding steroid dienone is 1. The van der Waals surface area contributed by atoms with Crippen LogP contribution < -0.4 is 0 Å². The van der Waals surface area contributed by atoms with Crippen molar-refractivity contribution in [1.82, 2.24) is 0 Å². The smallest absolute Gasteiger partial charge is 0.186 e. The molecular formula is C48H86O6. The molecule has 14 unspecified atom stereocenters. The molecule has 4 fully saturated rings. The van der Waals surface area contributed by atoms with Crippen LogP contribution in [0, 0.1) is 52.3 Å². The lowest BCUT2D eigenvalue weighted by Crippen LogP contribution is -2.60. The Morgan fingerprint density at radius 1 is 0.778 bits per heavy atom. The summed E-state index contributed by atoms with van der Waals surface area (Å²) in [5.41, 5.74) is 2.24. The molecule has 0 radical (unpaired) electrons. The van der Waals surface area contributed by atoms with Crippen molar-refractivity contribution in [2.45, 2.75) is 227 Å². The number of unbranched alkanes of at least 4 members (excludes halogenated alkanes) is 10. The van der Waals surface area contributed by atoms with Gasteiger partial charge in [0, 0.05) is 6.61 Å². The molecule has 0 aromatic heterocycles. The molecule has 14 atom stereocenters. The highest BCUT2D eigenvalue weighted by molar-refractivity contribution is 5.25. The van der Waals surface area contributed by atoms with E-state index in [4.69, 9.17) is 14.2 Å². The monoisotopic (exact) mass is 759 g/mol. The summed E-state index contributed by atoms with van der Waals surface area (Å²) in [5, 5.41) is 32.5. The predicted octanol–water partition coefficient (Wildman–Crippen LogP) is 11.2. The topological polar surface area (TPSA) is 88.4 Å². The van der Waals surface area contributed by atoms with Crippen LogP contribution in [0.15, 0.2) is 11.6 Å². The number of aliphatic hydroxyl groups is 3. The van der Waals surface area contributed by atoms with E-state index in [0.717, 1.165) is 73.5 Å². The lowest BCUT2D eigenvalue weighted by atomic mass is 9.47. The average molecular weight is 759 g/mol. The van der Waals surface area contributed by atoms with Gasteiger partial charge in [-0.15, -0.1) is 0 Å². The van der Waals surface area contributed by atoms with E-state index in [2.05, 4.69) is 54.5 Å². The zero-order valence-corrected chi connectivity index (χ0v) is 36.1. The van der Waals surface area contributed by atoms with Crippen molar-refractivity contribution >= 4 is 0 Å². The number of aliphatic hydroxyl groups excluding tert-OH is 3. The van der Waals surface area contributed by atoms with Gasteiger partial charge in [0.1, 0.15) is 24.4 Å². The number of hydrogen-bond acceptors (Lipinski definition) is 6. The number of fused-ring (bicyclic) bond motifs is 5. The van der Waals surface area contributed by atoms with Crippen LogP contribution in [0.2, 0.25) is 0 Å². The Bertz CT molecular complexity index is 1120. The van der Waals surface area contributed by atoms with Crippen LogP contribution in [0.1, 0.15) is 190 Å². The Labute approximate surface area is 332 Å². The number of ether oxygens (including phenoxy) is 3. The van der Waals surface area contributed by atoms with Gasteiger partial charge in [-0.2, -0.15) is 0 Å². The van der Waals surface area contributed by atoms with E-state index >= 15 is 0 Å². The van der Waals surface area contributed by atoms with Crippen molar-refractivity contribution in [3.8, 4) is 0 Å². The van der Waals surface area contributed by atoms with Crippen LogP contribution in [-0.2, 0) is 14.2 Å². The van der Waals surface area contributed by atoms with Gasteiger partial charge in [0.25, 0.3) is 0 Å². The summed E-state index contributed by atoms with van der Waals surface area (Å²) in [6.07, 6.45) is 24.9. The van der Waals surface area contributed by atoms with Crippen LogP contribution in [0.25, 0.3) is 0 Å². The van der Waals surface area contributed by atoms with Gasteiger partial charge in [-0.1, -0.05) is 137 Å². The highest BCUT2D eigenvalue weighted by atomic mass is 16.7. The maximum absolute atomic E-state index is 10.9. The standard InChI is InChI=1S/C48H86O6/c1-8-10-11-12-13-14-15-16-17-18-19-30-52-32-42-43(49)44(50)45(51)46(54-42)53-37-26-28-47(6)36(31-37)22-23-38-40-25-24-39(48(40,7)29-27-41(38)47)34(5)20-21-35(9-2)33(3)4/h22,33-35,37-46,49-51H,8-21,23-32H2,1-7H3. The van der Waals surface area contributed by atoms with Crippen molar-refractivity contribution in [3.05, 3.63) is 11.6 Å². The van der Waals surface area contributed by atoms with E-state index in [-0.39, 0.29) is 18.1 Å². The number of rotatable bonds is 22. The fourth-order valence-electron chi connectivity index (χ4n) is 12.8. The molecule has 0 spiro atoms. The van der Waals surface area contributed by atoms with E-state index < -0.39 is 30.7 Å². The predicted molar refractivity (Wildman–Crippen MR) is 221 cm³/mol. The van der Waals surface area contributed by atoms with Crippen molar-refractivity contribution in [2.24, 2.45) is 52.3 Å². The minimum absolute atomic E-state index is 0.0655. The van der Waals surface area contributed by atoms with Gasteiger partial charge in [-0.3, -0.25) is 0 Å². The molecule has 1 saturated heterocycles. The molecule has 0 bridgehead atoms. The first-order valence-electron chi connectivity index (χ1n) is 23.6. The Hall–Kier alpha value is -0.500. The van der Waals surface area contributed by atoms with Crippen LogP contribution >= 0.6 is 0 Å². The first-order valence-corrected chi connectivity index (χ1v) is 23.6. The van der Waals surface area contributed by atoms with Crippen molar-refractivity contribution < 1.29 is 29.5 Å². The second-order valence-electron chi connectivity index (χ2n) is 20.1. The summed E-state index contributed by atoms with van der Waals surface area (Å²) in [6.45, 7) is 18.1. The second-order valence-corrected chi connectivity index (χ2v) is 20.1. The summed E-state index contributed by atoms with van der Waals surface area (Å²) < 4.78 is 18.6. The highest BCUT2D eigenvalue weighted by Gasteiger charge is 2.59. The summed E-state index contributed by atoms with van der Waals surface area (Å²) in [7, 11) is 0. The summed E-state index contributed by atoms with van der Waals surface area (Å²) in [6, 6.07) is 0. The van der Waals surface area contributed by atoms with Gasteiger partial charge < -0.3 is 29.5 Å². The molecule has 6 heteroatoms. The van der Waals surface area contributed by atoms with Crippen molar-refractivity contribution in [3.63, 3.8) is 0 Å². The van der Waals surface area contributed by atoms with Crippen LogP contribution in [0.5, 0.6) is 0 Å². The Kier molecular flexibility index (Phi) is 17.3. The molecular weight excluding hydrogens is 673 g/mol. The molecule has 0 aromatic carbocycles. The molecule has 54 heavy (non-hydrogen) atoms. The Morgan fingerprint density at radius 3 is 2.13 bits per heavy atom. The summed E-state index contributed by atoms with van der Waals surface area (Å²) >= 11 is 0. The Morgan fingerprint density at radius 2 is 1.46 bits per heavy atom. The zero-order valence-electron chi connectivity index (χ0n) is 36.1. The molecule has 0 amide bonds. The highest BCUT2D eigenvalue weighted by Crippen LogP contribution is 2.67. The molecule has 1 heterocycles. The van der Waals surface area contributed by atoms with Gasteiger partial charge in [-0.25, -0.2) is 0 Å². The minimum atomic E-state index is -1.32. The third kappa shape index (κ3) is 10.6. The lowest BCUT2D eigenvalue weighted by molar-refractivity contribution is -0.314. The SMILES string of the molecule is CCCCCCCCCCCCCOCC1OC(OC2CCC3(C)C(=CCC4C3CCC3(C)C(C(C)CCC(CC)C(C)C)CCC43)C2)C(O)C(O)C1O. The third-order valence-electron chi connectivity index (χ3n) is 16.4. The fraction of sp³-hybridized carbons (Fsp3) is 0.958. The average Bonchev–Trinajstić information content (AvgIpc) is 3.51. The lowest BCUT2D eigenvalue weighted by Gasteiger charge is -2.58. The van der Waals surface area contributed by atoms with Gasteiger partial charge in [0.15, 0.2) is 6.29 Å². The molecule has 3 N–H and O–H groups in total. The number of hydrogen-bond donors (Lipinski definition) is 3. The molecule has 5 aliphatic rings. The molecule has 314 valence electrons. The van der Waals surface area contributed by atoms with E-state index in [9.17, 15) is 15.3 Å². The second kappa shape index (κ2) is 21.0. The normalized spacial score (nSPS) is 39.1. The van der Waals surface area contributed by atoms with Crippen LogP contribution in [0.4, 0.5) is 0 Å². The minimum Gasteiger partial charge on any atom is -0.387 e. The van der Waals surface area contributed by atoms with Crippen LogP contribution in [0.3, 0.4) is 0 Å². The maximum atomic E-state index is 10.9. The first kappa shape index (κ1) is 44.6. The van der Waals surface area contributed by atoms with Gasteiger partial charge in [0.2, 0.25) is 0 Å². The Balaban J connectivity index is 1.07. The van der Waals surface area contributed by atoms with Crippen LogP contribution in [-0.4, -0.2) is 65.3 Å². The largest absolute Gasteiger partial charge is 0.387 e. The fourth-order valence-corrected chi connectivity index (χ4v) is 12.8. The van der Waals surface area contributed by atoms with Gasteiger partial charge in [-0.05, 0) is 116 Å². The molecule has 0 aromatic rings. The van der Waals surface area contributed by atoms with E-state index in [1.807, 2.05) is 0 Å². The molecule has 5 rings (SSSR count). The quantitative estimate of drug-likeness (QED) is 0.0753. The summed E-state index contributed by atoms with van der Waals surface area (Å²) in [4.78, 5) is 0. The third-order valence-corrected chi connectivity index (χ3v) is 16.4. The molecule has 6 nitrogen and oxygen atoms in total. The van der Waals surface area contributed by atoms with Gasteiger partial charge in [0.05, 0.1) is 12.7 Å². The first-order chi connectivity index (χ1) is 25.9. The zero-order chi connectivity index (χ0) is 38.9. The van der Waals surface area contributed by atoms with Crippen molar-refractivity contribution in [1.29, 1.82) is 0 Å². The molecule has 1 aliphatic heterocycles. The van der Waals surface area contributed by atoms with E-state index in [1.54, 1.807) is 5.57 Å². The molecule has 3 saturated carbocycles. The van der Waals surface area contributed by atoms with Crippen molar-refractivity contribution in [2.75, 3.05) is 13.2 Å². The van der Waals surface area contributed by atoms with E-state index in [0.29, 0.717) is 12.0 Å².